The van der Waals surface area contributed by atoms with E-state index >= 15 is 0 Å². The minimum absolute atomic E-state index is 0.277. The third kappa shape index (κ3) is 2.99. The van der Waals surface area contributed by atoms with E-state index in [0.29, 0.717) is 5.69 Å². The van der Waals surface area contributed by atoms with E-state index in [1.54, 1.807) is 30.3 Å². The Kier molecular flexibility index (Phi) is 3.67. The highest BCUT2D eigenvalue weighted by atomic mass is 32.2. The first-order chi connectivity index (χ1) is 8.90. The highest BCUT2D eigenvalue weighted by molar-refractivity contribution is 7.92. The van der Waals surface area contributed by atoms with Crippen molar-refractivity contribution in [2.75, 3.05) is 4.72 Å². The van der Waals surface area contributed by atoms with Gasteiger partial charge in [-0.05, 0) is 37.6 Å². The van der Waals surface area contributed by atoms with E-state index in [4.69, 9.17) is 0 Å². The third-order valence-electron chi connectivity index (χ3n) is 3.18. The fraction of sp³-hybridized carbons (Fsp3) is 0.143. The summed E-state index contributed by atoms with van der Waals surface area (Å²) < 4.78 is 27.2. The molecule has 0 bridgehead atoms. The summed E-state index contributed by atoms with van der Waals surface area (Å²) in [6.45, 7) is 3.83. The van der Waals surface area contributed by atoms with Crippen molar-refractivity contribution in [3.8, 4) is 0 Å². The lowest BCUT2D eigenvalue weighted by atomic mass is 9.91. The summed E-state index contributed by atoms with van der Waals surface area (Å²) >= 11 is 0. The molecule has 0 aliphatic rings. The zero-order valence-electron chi connectivity index (χ0n) is 11.3. The molecule has 0 amide bonds. The predicted molar refractivity (Wildman–Crippen MR) is 81.3 cm³/mol. The fourth-order valence-electron chi connectivity index (χ4n) is 1.78. The highest BCUT2D eigenvalue weighted by Crippen LogP contribution is 2.18. The minimum atomic E-state index is -3.52. The Morgan fingerprint density at radius 2 is 1.63 bits per heavy atom. The number of rotatable bonds is 3. The second-order valence-corrected chi connectivity index (χ2v) is 6.35. The lowest BCUT2D eigenvalue weighted by molar-refractivity contribution is 0.601. The zero-order chi connectivity index (χ0) is 14.0. The fourth-order valence-corrected chi connectivity index (χ4v) is 2.91. The molecular formula is C14H16BNO2S. The van der Waals surface area contributed by atoms with Crippen molar-refractivity contribution in [1.82, 2.24) is 0 Å². The van der Waals surface area contributed by atoms with Gasteiger partial charge in [0, 0.05) is 0 Å². The summed E-state index contributed by atoms with van der Waals surface area (Å²) in [5.74, 6) is 0. The van der Waals surface area contributed by atoms with E-state index in [2.05, 4.69) is 4.72 Å². The van der Waals surface area contributed by atoms with Crippen molar-refractivity contribution in [2.24, 2.45) is 0 Å². The van der Waals surface area contributed by atoms with Crippen LogP contribution in [0.1, 0.15) is 11.1 Å². The largest absolute Gasteiger partial charge is 0.279 e. The first-order valence-corrected chi connectivity index (χ1v) is 7.54. The summed E-state index contributed by atoms with van der Waals surface area (Å²) in [5, 5.41) is 0. The van der Waals surface area contributed by atoms with E-state index < -0.39 is 10.0 Å². The molecule has 0 heterocycles. The van der Waals surface area contributed by atoms with E-state index in [9.17, 15) is 8.42 Å². The third-order valence-corrected chi connectivity index (χ3v) is 4.56. The standard InChI is InChI=1S/C14H16BNO2S/c1-10-6-8-12(9-7-10)19(17,18)16-14-5-3-4-13(15)11(14)2/h3-9,16H,15H2,1-2H3. The molecule has 5 heteroatoms. The summed E-state index contributed by atoms with van der Waals surface area (Å²) in [6.07, 6.45) is 0. The van der Waals surface area contributed by atoms with Crippen LogP contribution in [0.4, 0.5) is 5.69 Å². The summed E-state index contributed by atoms with van der Waals surface area (Å²) in [7, 11) is -1.56. The Morgan fingerprint density at radius 3 is 2.26 bits per heavy atom. The van der Waals surface area contributed by atoms with Crippen LogP contribution in [-0.4, -0.2) is 16.3 Å². The molecule has 0 spiro atoms. The van der Waals surface area contributed by atoms with Crippen molar-refractivity contribution < 1.29 is 8.42 Å². The van der Waals surface area contributed by atoms with Gasteiger partial charge in [-0.3, -0.25) is 4.72 Å². The van der Waals surface area contributed by atoms with Crippen LogP contribution in [0.5, 0.6) is 0 Å². The molecule has 0 fully saturated rings. The second-order valence-electron chi connectivity index (χ2n) is 4.67. The van der Waals surface area contributed by atoms with Gasteiger partial charge in [0.25, 0.3) is 10.0 Å². The predicted octanol–water partition coefficient (Wildman–Crippen LogP) is 1.36. The minimum Gasteiger partial charge on any atom is -0.279 e. The SMILES string of the molecule is Bc1cccc(NS(=O)(=O)c2ccc(C)cc2)c1C. The molecule has 2 aromatic rings. The Morgan fingerprint density at radius 1 is 1.00 bits per heavy atom. The maximum Gasteiger partial charge on any atom is 0.261 e. The van der Waals surface area contributed by atoms with Crippen LogP contribution in [0, 0.1) is 13.8 Å². The Balaban J connectivity index is 2.36. The van der Waals surface area contributed by atoms with Crippen molar-refractivity contribution in [1.29, 1.82) is 0 Å². The summed E-state index contributed by atoms with van der Waals surface area (Å²) in [4.78, 5) is 0.277. The van der Waals surface area contributed by atoms with Crippen LogP contribution >= 0.6 is 0 Å². The number of sulfonamides is 1. The van der Waals surface area contributed by atoms with Gasteiger partial charge in [-0.25, -0.2) is 8.42 Å². The zero-order valence-corrected chi connectivity index (χ0v) is 12.1. The number of anilines is 1. The number of hydrogen-bond donors (Lipinski definition) is 1. The van der Waals surface area contributed by atoms with Crippen LogP contribution in [-0.2, 0) is 10.0 Å². The number of aryl methyl sites for hydroxylation is 1. The normalized spacial score (nSPS) is 11.3. The van der Waals surface area contributed by atoms with Crippen LogP contribution < -0.4 is 10.2 Å². The molecular weight excluding hydrogens is 257 g/mol. The average Bonchev–Trinajstić information content (AvgIpc) is 2.35. The molecule has 0 atom stereocenters. The van der Waals surface area contributed by atoms with Crippen LogP contribution in [0.15, 0.2) is 47.4 Å². The molecule has 1 N–H and O–H groups in total. The van der Waals surface area contributed by atoms with E-state index in [1.165, 1.54) is 0 Å². The average molecular weight is 273 g/mol. The Bertz CT molecular complexity index is 694. The number of nitrogens with one attached hydrogen (secondary N) is 1. The maximum atomic E-state index is 12.3. The van der Waals surface area contributed by atoms with Gasteiger partial charge in [0.1, 0.15) is 7.85 Å². The van der Waals surface area contributed by atoms with Gasteiger partial charge < -0.3 is 0 Å². The van der Waals surface area contributed by atoms with Gasteiger partial charge in [-0.15, -0.1) is 0 Å². The Labute approximate surface area is 115 Å². The summed E-state index contributed by atoms with van der Waals surface area (Å²) in [5.41, 5.74) is 3.66. The molecule has 0 aliphatic carbocycles. The molecule has 3 nitrogen and oxygen atoms in total. The van der Waals surface area contributed by atoms with E-state index in [-0.39, 0.29) is 4.90 Å². The van der Waals surface area contributed by atoms with Crippen molar-refractivity contribution in [3.05, 3.63) is 53.6 Å². The van der Waals surface area contributed by atoms with Gasteiger partial charge in [0.15, 0.2) is 0 Å². The van der Waals surface area contributed by atoms with Gasteiger partial charge in [-0.1, -0.05) is 35.3 Å². The van der Waals surface area contributed by atoms with Crippen molar-refractivity contribution in [2.45, 2.75) is 18.7 Å². The first-order valence-electron chi connectivity index (χ1n) is 6.06. The second kappa shape index (κ2) is 5.09. The first kappa shape index (κ1) is 13.7. The van der Waals surface area contributed by atoms with E-state index in [0.717, 1.165) is 16.6 Å². The molecule has 98 valence electrons. The topological polar surface area (TPSA) is 46.2 Å². The van der Waals surface area contributed by atoms with Gasteiger partial charge >= 0.3 is 0 Å². The molecule has 0 unspecified atom stereocenters. The molecule has 0 radical (unpaired) electrons. The lowest BCUT2D eigenvalue weighted by Gasteiger charge is -2.12. The van der Waals surface area contributed by atoms with E-state index in [1.807, 2.05) is 33.8 Å². The molecule has 0 aliphatic heterocycles. The van der Waals surface area contributed by atoms with Crippen LogP contribution in [0.3, 0.4) is 0 Å². The van der Waals surface area contributed by atoms with Crippen molar-refractivity contribution in [3.63, 3.8) is 0 Å². The molecule has 0 saturated heterocycles. The monoisotopic (exact) mass is 273 g/mol. The quantitative estimate of drug-likeness (QED) is 0.858. The van der Waals surface area contributed by atoms with Crippen molar-refractivity contribution >= 4 is 29.0 Å². The van der Waals surface area contributed by atoms with Gasteiger partial charge in [0.05, 0.1) is 10.6 Å². The molecule has 2 aromatic carbocycles. The van der Waals surface area contributed by atoms with Gasteiger partial charge in [-0.2, -0.15) is 0 Å². The van der Waals surface area contributed by atoms with Crippen LogP contribution in [0.25, 0.3) is 0 Å². The Hall–Kier alpha value is -1.75. The van der Waals surface area contributed by atoms with Gasteiger partial charge in [0.2, 0.25) is 0 Å². The molecule has 0 aromatic heterocycles. The molecule has 19 heavy (non-hydrogen) atoms. The maximum absolute atomic E-state index is 12.3. The highest BCUT2D eigenvalue weighted by Gasteiger charge is 2.15. The number of benzene rings is 2. The smallest absolute Gasteiger partial charge is 0.261 e. The van der Waals surface area contributed by atoms with Crippen LogP contribution in [0.2, 0.25) is 0 Å². The number of hydrogen-bond acceptors (Lipinski definition) is 2. The molecule has 0 saturated carbocycles. The summed E-state index contributed by atoms with van der Waals surface area (Å²) in [6, 6.07) is 12.4. The molecule has 2 rings (SSSR count). The lowest BCUT2D eigenvalue weighted by Crippen LogP contribution is -2.17.